The van der Waals surface area contributed by atoms with Crippen molar-refractivity contribution in [3.63, 3.8) is 0 Å². The first-order chi connectivity index (χ1) is 12.0. The van der Waals surface area contributed by atoms with Crippen LogP contribution < -0.4 is 14.8 Å². The molecule has 0 atom stereocenters. The Labute approximate surface area is 149 Å². The second-order valence-corrected chi connectivity index (χ2v) is 8.80. The van der Waals surface area contributed by atoms with E-state index in [1.807, 2.05) is 18.2 Å². The number of fused-ring (bicyclic) bond motifs is 2. The third-order valence-electron chi connectivity index (χ3n) is 3.84. The largest absolute Gasteiger partial charge is 0.486 e. The Bertz CT molecular complexity index is 1040. The third-order valence-corrected chi connectivity index (χ3v) is 5.92. The smallest absolute Gasteiger partial charge is 0.184 e. The van der Waals surface area contributed by atoms with E-state index in [1.165, 1.54) is 17.6 Å². The minimum atomic E-state index is -3.22. The summed E-state index contributed by atoms with van der Waals surface area (Å²) in [6, 6.07) is 10.8. The van der Waals surface area contributed by atoms with E-state index in [4.69, 9.17) is 9.47 Å². The lowest BCUT2D eigenvalue weighted by Gasteiger charge is -2.18. The van der Waals surface area contributed by atoms with Crippen LogP contribution in [0.3, 0.4) is 0 Å². The van der Waals surface area contributed by atoms with Gasteiger partial charge in [-0.25, -0.2) is 13.4 Å². The number of thiazole rings is 1. The van der Waals surface area contributed by atoms with Crippen LogP contribution in [0.1, 0.15) is 5.56 Å². The number of nitrogens with zero attached hydrogens (tertiary/aromatic N) is 1. The van der Waals surface area contributed by atoms with E-state index in [0.29, 0.717) is 24.7 Å². The van der Waals surface area contributed by atoms with Gasteiger partial charge < -0.3 is 14.8 Å². The zero-order chi connectivity index (χ0) is 17.4. The summed E-state index contributed by atoms with van der Waals surface area (Å²) in [5.74, 6) is 1.52. The molecule has 130 valence electrons. The van der Waals surface area contributed by atoms with E-state index in [2.05, 4.69) is 10.3 Å². The highest BCUT2D eigenvalue weighted by atomic mass is 32.2. The van der Waals surface area contributed by atoms with Crippen molar-refractivity contribution in [2.75, 3.05) is 24.8 Å². The van der Waals surface area contributed by atoms with Gasteiger partial charge in [0.2, 0.25) is 0 Å². The molecule has 0 amide bonds. The molecular weight excluding hydrogens is 360 g/mol. The van der Waals surface area contributed by atoms with E-state index in [-0.39, 0.29) is 0 Å². The normalized spacial score (nSPS) is 13.8. The summed E-state index contributed by atoms with van der Waals surface area (Å²) in [5.41, 5.74) is 1.84. The number of rotatable bonds is 4. The van der Waals surface area contributed by atoms with Gasteiger partial charge in [0.15, 0.2) is 26.5 Å². The second kappa shape index (κ2) is 6.20. The standard InChI is InChI=1S/C17H16N2O4S2/c1-25(20,21)12-3-4-13-16(9-12)24-17(19-13)18-10-11-2-5-14-15(8-11)23-7-6-22-14/h2-5,8-9H,6-7,10H2,1H3,(H,18,19). The van der Waals surface area contributed by atoms with Crippen LogP contribution in [0.15, 0.2) is 41.3 Å². The second-order valence-electron chi connectivity index (χ2n) is 5.75. The first kappa shape index (κ1) is 16.2. The molecule has 1 aromatic heterocycles. The van der Waals surface area contributed by atoms with Crippen molar-refractivity contribution in [3.05, 3.63) is 42.0 Å². The average molecular weight is 376 g/mol. The minimum Gasteiger partial charge on any atom is -0.486 e. The number of hydrogen-bond donors (Lipinski definition) is 1. The predicted molar refractivity (Wildman–Crippen MR) is 97.5 cm³/mol. The van der Waals surface area contributed by atoms with Crippen LogP contribution in [0.25, 0.3) is 10.2 Å². The molecule has 2 heterocycles. The number of aromatic nitrogens is 1. The summed E-state index contributed by atoms with van der Waals surface area (Å²) < 4.78 is 35.3. The van der Waals surface area contributed by atoms with Gasteiger partial charge in [-0.3, -0.25) is 0 Å². The van der Waals surface area contributed by atoms with Gasteiger partial charge >= 0.3 is 0 Å². The molecule has 0 unspecified atom stereocenters. The Morgan fingerprint density at radius 3 is 2.72 bits per heavy atom. The zero-order valence-corrected chi connectivity index (χ0v) is 15.1. The van der Waals surface area contributed by atoms with Crippen LogP contribution in [0, 0.1) is 0 Å². The van der Waals surface area contributed by atoms with Crippen molar-refractivity contribution in [3.8, 4) is 11.5 Å². The molecule has 0 radical (unpaired) electrons. The molecule has 25 heavy (non-hydrogen) atoms. The predicted octanol–water partition coefficient (Wildman–Crippen LogP) is 3.08. The van der Waals surface area contributed by atoms with Gasteiger partial charge in [0.05, 0.1) is 15.1 Å². The molecule has 4 rings (SSSR count). The highest BCUT2D eigenvalue weighted by Crippen LogP contribution is 2.32. The Morgan fingerprint density at radius 2 is 1.92 bits per heavy atom. The van der Waals surface area contributed by atoms with Gasteiger partial charge in [0.25, 0.3) is 0 Å². The molecule has 0 saturated heterocycles. The van der Waals surface area contributed by atoms with Gasteiger partial charge in [0.1, 0.15) is 13.2 Å². The van der Waals surface area contributed by atoms with Gasteiger partial charge in [0, 0.05) is 12.8 Å². The van der Waals surface area contributed by atoms with Crippen LogP contribution in [-0.2, 0) is 16.4 Å². The fraction of sp³-hybridized carbons (Fsp3) is 0.235. The first-order valence-electron chi connectivity index (χ1n) is 7.72. The maximum absolute atomic E-state index is 11.7. The van der Waals surface area contributed by atoms with E-state index in [0.717, 1.165) is 32.4 Å². The fourth-order valence-corrected chi connectivity index (χ4v) is 4.21. The average Bonchev–Trinajstić information content (AvgIpc) is 3.01. The van der Waals surface area contributed by atoms with E-state index in [9.17, 15) is 8.42 Å². The summed E-state index contributed by atoms with van der Waals surface area (Å²) in [6.07, 6.45) is 1.20. The molecular formula is C17H16N2O4S2. The van der Waals surface area contributed by atoms with E-state index >= 15 is 0 Å². The monoisotopic (exact) mass is 376 g/mol. The summed E-state index contributed by atoms with van der Waals surface area (Å²) in [4.78, 5) is 4.80. The quantitative estimate of drug-likeness (QED) is 0.754. The Hall–Kier alpha value is -2.32. The van der Waals surface area contributed by atoms with Gasteiger partial charge in [-0.15, -0.1) is 0 Å². The molecule has 0 spiro atoms. The molecule has 6 nitrogen and oxygen atoms in total. The van der Waals surface area contributed by atoms with Gasteiger partial charge in [-0.2, -0.15) is 0 Å². The van der Waals surface area contributed by atoms with Crippen molar-refractivity contribution < 1.29 is 17.9 Å². The highest BCUT2D eigenvalue weighted by Gasteiger charge is 2.13. The first-order valence-corrected chi connectivity index (χ1v) is 10.4. The zero-order valence-electron chi connectivity index (χ0n) is 13.5. The Balaban J connectivity index is 1.53. The summed E-state index contributed by atoms with van der Waals surface area (Å²) in [5, 5.41) is 4.02. The van der Waals surface area contributed by atoms with Crippen LogP contribution in [0.5, 0.6) is 11.5 Å². The molecule has 3 aromatic rings. The van der Waals surface area contributed by atoms with Gasteiger partial charge in [-0.05, 0) is 35.9 Å². The molecule has 1 aliphatic rings. The number of hydrogen-bond acceptors (Lipinski definition) is 7. The minimum absolute atomic E-state index is 0.307. The summed E-state index contributed by atoms with van der Waals surface area (Å²) in [6.45, 7) is 1.73. The van der Waals surface area contributed by atoms with Crippen molar-refractivity contribution in [1.82, 2.24) is 4.98 Å². The topological polar surface area (TPSA) is 77.5 Å². The van der Waals surface area contributed by atoms with Crippen LogP contribution in [-0.4, -0.2) is 32.9 Å². The van der Waals surface area contributed by atoms with Crippen LogP contribution in [0.2, 0.25) is 0 Å². The molecule has 1 N–H and O–H groups in total. The third kappa shape index (κ3) is 3.40. The lowest BCUT2D eigenvalue weighted by Crippen LogP contribution is -2.15. The maximum atomic E-state index is 11.7. The molecule has 2 aromatic carbocycles. The lowest BCUT2D eigenvalue weighted by atomic mass is 10.2. The van der Waals surface area contributed by atoms with Crippen molar-refractivity contribution in [1.29, 1.82) is 0 Å². The number of sulfone groups is 1. The van der Waals surface area contributed by atoms with E-state index < -0.39 is 9.84 Å². The lowest BCUT2D eigenvalue weighted by molar-refractivity contribution is 0.171. The number of anilines is 1. The van der Waals surface area contributed by atoms with Crippen LogP contribution >= 0.6 is 11.3 Å². The Morgan fingerprint density at radius 1 is 1.12 bits per heavy atom. The van der Waals surface area contributed by atoms with E-state index in [1.54, 1.807) is 18.2 Å². The molecule has 0 bridgehead atoms. The van der Waals surface area contributed by atoms with Gasteiger partial charge in [-0.1, -0.05) is 17.4 Å². The maximum Gasteiger partial charge on any atom is 0.184 e. The highest BCUT2D eigenvalue weighted by molar-refractivity contribution is 7.90. The molecule has 0 saturated carbocycles. The number of nitrogens with one attached hydrogen (secondary N) is 1. The van der Waals surface area contributed by atoms with Crippen molar-refractivity contribution in [2.24, 2.45) is 0 Å². The molecule has 8 heteroatoms. The SMILES string of the molecule is CS(=O)(=O)c1ccc2nc(NCc3ccc4c(c3)OCCO4)sc2c1. The summed E-state index contributed by atoms with van der Waals surface area (Å²) >= 11 is 1.43. The van der Waals surface area contributed by atoms with Crippen molar-refractivity contribution >= 4 is 36.5 Å². The Kier molecular flexibility index (Phi) is 4.01. The summed E-state index contributed by atoms with van der Waals surface area (Å²) in [7, 11) is -3.22. The molecule has 1 aliphatic heterocycles. The number of benzene rings is 2. The molecule has 0 fully saturated rings. The fourth-order valence-electron chi connectivity index (χ4n) is 2.59. The number of ether oxygens (including phenoxy) is 2. The van der Waals surface area contributed by atoms with Crippen molar-refractivity contribution in [2.45, 2.75) is 11.4 Å². The van der Waals surface area contributed by atoms with Crippen LogP contribution in [0.4, 0.5) is 5.13 Å². The molecule has 0 aliphatic carbocycles.